The fourth-order valence-corrected chi connectivity index (χ4v) is 9.46. The van der Waals surface area contributed by atoms with Crippen LogP contribution in [0.5, 0.6) is 0 Å². The molecule has 0 spiro atoms. The first-order valence-electron chi connectivity index (χ1n) is 11.3. The highest BCUT2D eigenvalue weighted by atomic mass is 127. The van der Waals surface area contributed by atoms with Gasteiger partial charge in [0.1, 0.15) is 21.7 Å². The zero-order valence-corrected chi connectivity index (χ0v) is 21.9. The summed E-state index contributed by atoms with van der Waals surface area (Å²) >= 11 is 2.45. The topological polar surface area (TPSA) is 6.25 Å². The van der Waals surface area contributed by atoms with Crippen LogP contribution < -0.4 is 30.4 Å². The van der Waals surface area contributed by atoms with Crippen LogP contribution in [0, 0.1) is 3.57 Å². The Morgan fingerprint density at radius 3 is 2.61 bits per heavy atom. The second-order valence-corrected chi connectivity index (χ2v) is 15.5. The van der Waals surface area contributed by atoms with Gasteiger partial charge < -0.3 is 4.90 Å². The van der Waals surface area contributed by atoms with Crippen LogP contribution in [0.4, 0.5) is 5.69 Å². The fraction of sp³-hybridized carbons (Fsp3) is 0.296. The van der Waals surface area contributed by atoms with E-state index in [1.807, 2.05) is 0 Å². The Labute approximate surface area is 199 Å². The van der Waals surface area contributed by atoms with E-state index in [1.165, 1.54) is 47.7 Å². The number of benzene rings is 3. The average molecular weight is 536 g/mol. The number of nitrogens with zero attached hydrogens (tertiary/aromatic N) is 2. The maximum Gasteiger partial charge on any atom is 0.203 e. The van der Waals surface area contributed by atoms with Gasteiger partial charge in [0.25, 0.3) is 0 Å². The molecule has 6 rings (SSSR count). The molecule has 0 aliphatic carbocycles. The van der Waals surface area contributed by atoms with Gasteiger partial charge >= 0.3 is 0 Å². The number of halogens is 1. The summed E-state index contributed by atoms with van der Waals surface area (Å²) in [7, 11) is 2.65. The lowest BCUT2D eigenvalue weighted by Crippen LogP contribution is -2.63. The van der Waals surface area contributed by atoms with Gasteiger partial charge in [-0.1, -0.05) is 25.2 Å². The van der Waals surface area contributed by atoms with Crippen molar-refractivity contribution in [2.45, 2.75) is 25.9 Å². The van der Waals surface area contributed by atoms with Crippen LogP contribution in [0.1, 0.15) is 22.3 Å². The summed E-state index contributed by atoms with van der Waals surface area (Å²) in [5.41, 5.74) is 8.77. The Hall–Kier alpha value is -1.92. The molecule has 2 nitrogen and oxygen atoms in total. The van der Waals surface area contributed by atoms with Gasteiger partial charge in [-0.15, -0.1) is 0 Å². The standard InChI is InChI=1S/C27H28IN2Si/c1-29-10-8-17-13-21-25(15-23(17)29)31(3,4)26-16-24-18(9-11-30(24)2)14-22(26)27(21)19-6-5-7-20(28)12-19/h5-7,12-16H,8-11H2,1-4H3/q+1. The molecule has 3 aliphatic rings. The van der Waals surface area contributed by atoms with Crippen LogP contribution in [0.25, 0.3) is 5.57 Å². The van der Waals surface area contributed by atoms with Crippen LogP contribution in [-0.2, 0) is 12.8 Å². The lowest BCUT2D eigenvalue weighted by Gasteiger charge is -2.34. The zero-order chi connectivity index (χ0) is 21.5. The quantitative estimate of drug-likeness (QED) is 0.264. The summed E-state index contributed by atoms with van der Waals surface area (Å²) in [4.78, 5) is 2.44. The van der Waals surface area contributed by atoms with Crippen LogP contribution in [-0.4, -0.2) is 35.3 Å². The van der Waals surface area contributed by atoms with E-state index in [9.17, 15) is 0 Å². The van der Waals surface area contributed by atoms with Gasteiger partial charge in [-0.05, 0) is 97.2 Å². The molecule has 0 bridgehead atoms. The molecule has 0 aromatic heterocycles. The molecule has 0 saturated heterocycles. The third-order valence-corrected chi connectivity index (χ3v) is 11.9. The Bertz CT molecular complexity index is 1400. The van der Waals surface area contributed by atoms with E-state index in [4.69, 9.17) is 0 Å². The molecule has 0 fully saturated rings. The van der Waals surface area contributed by atoms with Crippen molar-refractivity contribution in [3.63, 3.8) is 0 Å². The van der Waals surface area contributed by atoms with Gasteiger partial charge in [-0.25, -0.2) is 4.58 Å². The Kier molecular flexibility index (Phi) is 4.32. The number of rotatable bonds is 1. The Morgan fingerprint density at radius 1 is 0.968 bits per heavy atom. The predicted octanol–water partition coefficient (Wildman–Crippen LogP) is 2.34. The predicted molar refractivity (Wildman–Crippen MR) is 142 cm³/mol. The first-order chi connectivity index (χ1) is 14.8. The maximum absolute atomic E-state index is 2.55. The minimum Gasteiger partial charge on any atom is -0.374 e. The molecule has 0 saturated carbocycles. The third-order valence-electron chi connectivity index (χ3n) is 7.69. The van der Waals surface area contributed by atoms with Crippen LogP contribution in [0.15, 0.2) is 48.5 Å². The lowest BCUT2D eigenvalue weighted by molar-refractivity contribution is 0.720. The minimum atomic E-state index is -1.84. The van der Waals surface area contributed by atoms with E-state index in [2.05, 4.69) is 108 Å². The normalized spacial score (nSPS) is 18.0. The summed E-state index contributed by atoms with van der Waals surface area (Å²) in [6.45, 7) is 7.37. The summed E-state index contributed by atoms with van der Waals surface area (Å²) < 4.78 is 3.74. The molecular formula is C27H28IN2Si+. The monoisotopic (exact) mass is 535 g/mol. The van der Waals surface area contributed by atoms with Crippen LogP contribution in [0.2, 0.25) is 13.1 Å². The number of hydrogen-bond acceptors (Lipinski definition) is 1. The molecule has 0 N–H and O–H groups in total. The molecule has 156 valence electrons. The lowest BCUT2D eigenvalue weighted by atomic mass is 9.92. The fourth-order valence-electron chi connectivity index (χ4n) is 5.89. The van der Waals surface area contributed by atoms with Gasteiger partial charge in [0.15, 0.2) is 0 Å². The molecule has 3 aliphatic heterocycles. The van der Waals surface area contributed by atoms with Crippen molar-refractivity contribution in [3.8, 4) is 0 Å². The van der Waals surface area contributed by atoms with Crippen molar-refractivity contribution < 1.29 is 0 Å². The van der Waals surface area contributed by atoms with Gasteiger partial charge in [-0.3, -0.25) is 0 Å². The van der Waals surface area contributed by atoms with Crippen molar-refractivity contribution >= 4 is 52.3 Å². The first kappa shape index (κ1) is 19.7. The van der Waals surface area contributed by atoms with E-state index in [1.54, 1.807) is 10.4 Å². The van der Waals surface area contributed by atoms with Crippen molar-refractivity contribution in [2.75, 3.05) is 32.1 Å². The zero-order valence-electron chi connectivity index (χ0n) is 18.7. The van der Waals surface area contributed by atoms with Gasteiger partial charge in [0.05, 0.1) is 0 Å². The highest BCUT2D eigenvalue weighted by Gasteiger charge is 2.38. The second kappa shape index (κ2) is 6.79. The number of fused-ring (bicyclic) bond motifs is 4. The minimum absolute atomic E-state index is 1.13. The molecule has 4 heteroatoms. The Morgan fingerprint density at radius 2 is 1.81 bits per heavy atom. The molecule has 0 unspecified atom stereocenters. The summed E-state index contributed by atoms with van der Waals surface area (Å²) in [6, 6.07) is 19.3. The molecule has 3 aromatic rings. The van der Waals surface area contributed by atoms with Gasteiger partial charge in [-0.2, -0.15) is 0 Å². The summed E-state index contributed by atoms with van der Waals surface area (Å²) in [5, 5.41) is 6.14. The van der Waals surface area contributed by atoms with E-state index in [0.717, 1.165) is 25.9 Å². The van der Waals surface area contributed by atoms with Crippen molar-refractivity contribution in [3.05, 3.63) is 84.9 Å². The van der Waals surface area contributed by atoms with Crippen molar-refractivity contribution in [1.82, 2.24) is 4.58 Å². The van der Waals surface area contributed by atoms with Gasteiger partial charge in [0.2, 0.25) is 5.36 Å². The first-order valence-corrected chi connectivity index (χ1v) is 15.3. The smallest absolute Gasteiger partial charge is 0.203 e. The average Bonchev–Trinajstić information content (AvgIpc) is 3.29. The van der Waals surface area contributed by atoms with E-state index in [-0.39, 0.29) is 0 Å². The highest BCUT2D eigenvalue weighted by Crippen LogP contribution is 2.33. The number of likely N-dealkylation sites (N-methyl/N-ethyl adjacent to an activating group) is 2. The van der Waals surface area contributed by atoms with Gasteiger partial charge in [0, 0.05) is 40.9 Å². The second-order valence-electron chi connectivity index (χ2n) is 9.91. The van der Waals surface area contributed by atoms with E-state index >= 15 is 0 Å². The highest BCUT2D eigenvalue weighted by molar-refractivity contribution is 14.1. The SMILES string of the molecule is CN1CCc2cc3c(cc21)[Si](C)(C)c1cc2c(cc1=C3c1cccc(I)c1)CC[N+]=2C. The summed E-state index contributed by atoms with van der Waals surface area (Å²) in [5.74, 6) is 0. The molecule has 0 radical (unpaired) electrons. The molecule has 3 heterocycles. The summed E-state index contributed by atoms with van der Waals surface area (Å²) in [6.07, 6.45) is 2.31. The largest absolute Gasteiger partial charge is 0.374 e. The molecule has 31 heavy (non-hydrogen) atoms. The van der Waals surface area contributed by atoms with E-state index < -0.39 is 8.07 Å². The molecular weight excluding hydrogens is 507 g/mol. The number of anilines is 1. The molecule has 3 aromatic carbocycles. The van der Waals surface area contributed by atoms with Crippen LogP contribution >= 0.6 is 22.6 Å². The van der Waals surface area contributed by atoms with E-state index in [0.29, 0.717) is 0 Å². The number of hydrogen-bond donors (Lipinski definition) is 0. The maximum atomic E-state index is 2.55. The Balaban J connectivity index is 1.79. The molecule has 0 atom stereocenters. The van der Waals surface area contributed by atoms with Crippen molar-refractivity contribution in [2.24, 2.45) is 0 Å². The third kappa shape index (κ3) is 2.83. The molecule has 0 amide bonds. The van der Waals surface area contributed by atoms with Crippen molar-refractivity contribution in [1.29, 1.82) is 0 Å². The van der Waals surface area contributed by atoms with Crippen LogP contribution in [0.3, 0.4) is 0 Å².